The van der Waals surface area contributed by atoms with Crippen LogP contribution in [0, 0.1) is 5.92 Å². The summed E-state index contributed by atoms with van der Waals surface area (Å²) < 4.78 is 10.6. The lowest BCUT2D eigenvalue weighted by Gasteiger charge is -2.38. The van der Waals surface area contributed by atoms with E-state index < -0.39 is 6.10 Å². The van der Waals surface area contributed by atoms with Crippen LogP contribution in [-0.2, 0) is 4.79 Å². The Balaban J connectivity index is 1.38. The number of nitrogens with one attached hydrogen (secondary N) is 1. The van der Waals surface area contributed by atoms with Crippen LogP contribution in [0.15, 0.2) is 59.4 Å². The van der Waals surface area contributed by atoms with Crippen molar-refractivity contribution in [3.8, 4) is 5.75 Å². The summed E-state index contributed by atoms with van der Waals surface area (Å²) in [7, 11) is 1.61. The number of amides is 1. The number of benzene rings is 1. The van der Waals surface area contributed by atoms with E-state index in [-0.39, 0.29) is 17.9 Å². The third-order valence-electron chi connectivity index (χ3n) is 6.16. The van der Waals surface area contributed by atoms with Crippen molar-refractivity contribution in [3.05, 3.63) is 66.3 Å². The van der Waals surface area contributed by atoms with E-state index in [1.54, 1.807) is 19.6 Å². The van der Waals surface area contributed by atoms with E-state index >= 15 is 0 Å². The Labute approximate surface area is 193 Å². The normalized spacial score (nSPS) is 20.3. The Hall–Kier alpha value is -3.20. The van der Waals surface area contributed by atoms with Crippen molar-refractivity contribution in [2.75, 3.05) is 33.3 Å². The first-order chi connectivity index (χ1) is 16.0. The number of methoxy groups -OCH3 is 1. The van der Waals surface area contributed by atoms with Crippen LogP contribution in [0.5, 0.6) is 5.75 Å². The van der Waals surface area contributed by atoms with Gasteiger partial charge in [0.2, 0.25) is 5.91 Å². The minimum Gasteiger partial charge on any atom is -0.497 e. The van der Waals surface area contributed by atoms with Crippen molar-refractivity contribution >= 4 is 22.9 Å². The predicted octanol–water partition coefficient (Wildman–Crippen LogP) is 2.35. The van der Waals surface area contributed by atoms with Crippen molar-refractivity contribution in [2.24, 2.45) is 11.7 Å². The van der Waals surface area contributed by atoms with E-state index in [4.69, 9.17) is 14.9 Å². The van der Waals surface area contributed by atoms with Crippen molar-refractivity contribution in [3.63, 3.8) is 0 Å². The number of piperidine rings is 1. The number of carbonyl (C=O) groups excluding carboxylic acids is 1. The molecule has 0 spiro atoms. The van der Waals surface area contributed by atoms with Crippen LogP contribution in [-0.4, -0.2) is 60.2 Å². The second-order valence-electron chi connectivity index (χ2n) is 8.29. The average Bonchev–Trinajstić information content (AvgIpc) is 3.35. The third kappa shape index (κ3) is 5.60. The molecule has 1 saturated heterocycles. The highest BCUT2D eigenvalue weighted by molar-refractivity contribution is 5.83. The Bertz CT molecular complexity index is 1100. The van der Waals surface area contributed by atoms with Crippen LogP contribution in [0.3, 0.4) is 0 Å². The van der Waals surface area contributed by atoms with Gasteiger partial charge in [-0.3, -0.25) is 14.7 Å². The summed E-state index contributed by atoms with van der Waals surface area (Å²) in [5.74, 6) is 0.831. The van der Waals surface area contributed by atoms with Crippen LogP contribution < -0.4 is 15.8 Å². The molecule has 3 atom stereocenters. The standard InChI is InChI=1S/C25H30N4O4/c1-32-18-6-7-22-20(14-18)19(8-11-28-22)24(30)16-29-12-9-23(21(15-29)25(26)31)27-10-2-4-17-5-3-13-33-17/h2-8,11,13-14,21,23-24,27,30H,9-10,12,15-16H2,1H3,(H2,26,31)/t21-,23-,24-/m0/s1. The minimum atomic E-state index is -0.725. The zero-order chi connectivity index (χ0) is 23.2. The SMILES string of the molecule is COc1ccc2nccc([C@@H](O)CN3CC[C@H](NCC=Cc4ccco4)[C@@H](C(N)=O)C3)c2c1. The number of aromatic nitrogens is 1. The Morgan fingerprint density at radius 3 is 3.06 bits per heavy atom. The highest BCUT2D eigenvalue weighted by Gasteiger charge is 2.33. The van der Waals surface area contributed by atoms with Crippen LogP contribution in [0.1, 0.15) is 23.8 Å². The fraction of sp³-hybridized carbons (Fsp3) is 0.360. The molecule has 0 bridgehead atoms. The highest BCUT2D eigenvalue weighted by atomic mass is 16.5. The summed E-state index contributed by atoms with van der Waals surface area (Å²) in [6.45, 7) is 2.28. The number of likely N-dealkylation sites (tertiary alicyclic amines) is 1. The second kappa shape index (κ2) is 10.6. The molecule has 0 radical (unpaired) electrons. The highest BCUT2D eigenvalue weighted by Crippen LogP contribution is 2.28. The second-order valence-corrected chi connectivity index (χ2v) is 8.29. The summed E-state index contributed by atoms with van der Waals surface area (Å²) in [5.41, 5.74) is 7.31. The largest absolute Gasteiger partial charge is 0.497 e. The molecule has 0 saturated carbocycles. The lowest BCUT2D eigenvalue weighted by molar-refractivity contribution is -0.124. The predicted molar refractivity (Wildman–Crippen MR) is 127 cm³/mol. The summed E-state index contributed by atoms with van der Waals surface area (Å²) in [4.78, 5) is 18.7. The first kappa shape index (κ1) is 23.0. The number of β-amino-alcohol motifs (C(OH)–C–C–N with tert-alkyl or cyclic N) is 1. The number of aliphatic hydroxyl groups excluding tert-OH is 1. The number of pyridine rings is 1. The molecule has 0 aliphatic carbocycles. The number of carbonyl (C=O) groups is 1. The summed E-state index contributed by atoms with van der Waals surface area (Å²) in [6.07, 6.45) is 7.23. The molecule has 1 amide bonds. The number of hydrogen-bond acceptors (Lipinski definition) is 7. The maximum Gasteiger partial charge on any atom is 0.223 e. The molecule has 1 fully saturated rings. The number of primary amides is 1. The Kier molecular flexibility index (Phi) is 7.39. The van der Waals surface area contributed by atoms with Gasteiger partial charge in [0.25, 0.3) is 0 Å². The van der Waals surface area contributed by atoms with Crippen LogP contribution >= 0.6 is 0 Å². The van der Waals surface area contributed by atoms with Gasteiger partial charge in [0.05, 0.1) is 30.9 Å². The third-order valence-corrected chi connectivity index (χ3v) is 6.16. The van der Waals surface area contributed by atoms with Gasteiger partial charge in [0.15, 0.2) is 0 Å². The van der Waals surface area contributed by atoms with Gasteiger partial charge in [0, 0.05) is 37.3 Å². The molecular weight excluding hydrogens is 420 g/mol. The van der Waals surface area contributed by atoms with Gasteiger partial charge in [-0.2, -0.15) is 0 Å². The quantitative estimate of drug-likeness (QED) is 0.458. The first-order valence-corrected chi connectivity index (χ1v) is 11.1. The zero-order valence-electron chi connectivity index (χ0n) is 18.7. The van der Waals surface area contributed by atoms with Gasteiger partial charge in [-0.25, -0.2) is 0 Å². The number of nitrogens with zero attached hydrogens (tertiary/aromatic N) is 2. The number of fused-ring (bicyclic) bond motifs is 1. The van der Waals surface area contributed by atoms with Gasteiger partial charge in [-0.15, -0.1) is 0 Å². The van der Waals surface area contributed by atoms with E-state index in [2.05, 4.69) is 15.2 Å². The zero-order valence-corrected chi connectivity index (χ0v) is 18.7. The van der Waals surface area contributed by atoms with Crippen LogP contribution in [0.25, 0.3) is 17.0 Å². The fourth-order valence-electron chi connectivity index (χ4n) is 4.41. The molecule has 0 unspecified atom stereocenters. The van der Waals surface area contributed by atoms with E-state index in [0.717, 1.165) is 35.2 Å². The lowest BCUT2D eigenvalue weighted by atomic mass is 9.90. The van der Waals surface area contributed by atoms with Gasteiger partial charge in [-0.1, -0.05) is 6.08 Å². The summed E-state index contributed by atoms with van der Waals surface area (Å²) in [6, 6.07) is 11.2. The number of hydrogen-bond donors (Lipinski definition) is 3. The van der Waals surface area contributed by atoms with Crippen molar-refractivity contribution in [1.29, 1.82) is 0 Å². The number of ether oxygens (including phenoxy) is 1. The Morgan fingerprint density at radius 2 is 2.30 bits per heavy atom. The molecule has 4 rings (SSSR count). The molecule has 1 aromatic carbocycles. The molecule has 2 aromatic heterocycles. The molecule has 8 nitrogen and oxygen atoms in total. The maximum absolute atomic E-state index is 12.2. The van der Waals surface area contributed by atoms with Crippen molar-refractivity contribution in [2.45, 2.75) is 18.6 Å². The molecule has 3 heterocycles. The van der Waals surface area contributed by atoms with Crippen LogP contribution in [0.2, 0.25) is 0 Å². The minimum absolute atomic E-state index is 0.0110. The molecule has 174 valence electrons. The van der Waals surface area contributed by atoms with Crippen molar-refractivity contribution < 1.29 is 19.1 Å². The van der Waals surface area contributed by atoms with E-state index in [1.165, 1.54) is 0 Å². The molecule has 33 heavy (non-hydrogen) atoms. The molecule has 4 N–H and O–H groups in total. The summed E-state index contributed by atoms with van der Waals surface area (Å²) >= 11 is 0. The smallest absolute Gasteiger partial charge is 0.223 e. The number of aliphatic hydroxyl groups is 1. The molecule has 3 aromatic rings. The monoisotopic (exact) mass is 450 g/mol. The number of rotatable bonds is 9. The van der Waals surface area contributed by atoms with Gasteiger partial charge in [-0.05, 0) is 61.0 Å². The van der Waals surface area contributed by atoms with Gasteiger partial charge >= 0.3 is 0 Å². The van der Waals surface area contributed by atoms with E-state index in [0.29, 0.717) is 25.4 Å². The topological polar surface area (TPSA) is 114 Å². The summed E-state index contributed by atoms with van der Waals surface area (Å²) in [5, 5.41) is 15.3. The van der Waals surface area contributed by atoms with Crippen molar-refractivity contribution in [1.82, 2.24) is 15.2 Å². The lowest BCUT2D eigenvalue weighted by Crippen LogP contribution is -2.54. The maximum atomic E-state index is 12.2. The average molecular weight is 451 g/mol. The van der Waals surface area contributed by atoms with Gasteiger partial charge in [0.1, 0.15) is 11.5 Å². The number of furan rings is 1. The fourth-order valence-corrected chi connectivity index (χ4v) is 4.41. The van der Waals surface area contributed by atoms with Gasteiger partial charge < -0.3 is 25.3 Å². The number of nitrogens with two attached hydrogens (primary N) is 1. The molecule has 1 aliphatic rings. The van der Waals surface area contributed by atoms with E-state index in [9.17, 15) is 9.90 Å². The molecule has 1 aliphatic heterocycles. The molecule has 8 heteroatoms. The molecular formula is C25H30N4O4. The first-order valence-electron chi connectivity index (χ1n) is 11.1. The Morgan fingerprint density at radius 1 is 1.42 bits per heavy atom. The van der Waals surface area contributed by atoms with E-state index in [1.807, 2.05) is 48.6 Å². The van der Waals surface area contributed by atoms with Crippen LogP contribution in [0.4, 0.5) is 0 Å².